The van der Waals surface area contributed by atoms with E-state index in [1.807, 2.05) is 24.3 Å². The standard InChI is InChI=1S/C21H25F3N4O/c1-3-27-10-12-28(13-11-27)16-6-4-15(5-7-16)25-14(2)21(29)26-18-9-8-17(22)19(23)20(18)24/h4-9,14,25H,3,10-13H2,1-2H3,(H,26,29)/t14-/m1/s1. The predicted molar refractivity (Wildman–Crippen MR) is 109 cm³/mol. The van der Waals surface area contributed by atoms with Crippen molar-refractivity contribution in [3.05, 3.63) is 53.8 Å². The molecule has 29 heavy (non-hydrogen) atoms. The molecule has 2 aromatic carbocycles. The Morgan fingerprint density at radius 2 is 1.66 bits per heavy atom. The molecule has 2 aromatic rings. The summed E-state index contributed by atoms with van der Waals surface area (Å²) in [5.41, 5.74) is 1.45. The Labute approximate surface area is 168 Å². The average molecular weight is 406 g/mol. The van der Waals surface area contributed by atoms with Gasteiger partial charge in [-0.05, 0) is 49.9 Å². The van der Waals surface area contributed by atoms with Crippen molar-refractivity contribution in [2.45, 2.75) is 19.9 Å². The Balaban J connectivity index is 1.57. The number of amides is 1. The number of hydrogen-bond acceptors (Lipinski definition) is 4. The minimum atomic E-state index is -1.61. The van der Waals surface area contributed by atoms with E-state index in [9.17, 15) is 18.0 Å². The van der Waals surface area contributed by atoms with Gasteiger partial charge in [0.2, 0.25) is 5.91 Å². The van der Waals surface area contributed by atoms with E-state index < -0.39 is 35.1 Å². The highest BCUT2D eigenvalue weighted by atomic mass is 19.2. The van der Waals surface area contributed by atoms with E-state index >= 15 is 0 Å². The van der Waals surface area contributed by atoms with Gasteiger partial charge in [-0.25, -0.2) is 13.2 Å². The van der Waals surface area contributed by atoms with Gasteiger partial charge in [-0.3, -0.25) is 4.79 Å². The van der Waals surface area contributed by atoms with Crippen LogP contribution in [-0.2, 0) is 4.79 Å². The molecule has 1 aliphatic heterocycles. The van der Waals surface area contributed by atoms with Gasteiger partial charge >= 0.3 is 0 Å². The molecule has 1 aliphatic rings. The van der Waals surface area contributed by atoms with Crippen LogP contribution in [0.1, 0.15) is 13.8 Å². The highest BCUT2D eigenvalue weighted by molar-refractivity contribution is 5.96. The van der Waals surface area contributed by atoms with Crippen molar-refractivity contribution in [3.63, 3.8) is 0 Å². The van der Waals surface area contributed by atoms with Crippen LogP contribution in [0, 0.1) is 17.5 Å². The van der Waals surface area contributed by atoms with Crippen molar-refractivity contribution < 1.29 is 18.0 Å². The van der Waals surface area contributed by atoms with E-state index in [1.165, 1.54) is 0 Å². The number of benzene rings is 2. The van der Waals surface area contributed by atoms with Crippen LogP contribution in [0.3, 0.4) is 0 Å². The van der Waals surface area contributed by atoms with Crippen molar-refractivity contribution in [1.29, 1.82) is 0 Å². The topological polar surface area (TPSA) is 47.6 Å². The molecule has 1 atom stereocenters. The zero-order valence-electron chi connectivity index (χ0n) is 16.5. The van der Waals surface area contributed by atoms with Crippen LogP contribution in [-0.4, -0.2) is 49.6 Å². The molecule has 1 saturated heterocycles. The van der Waals surface area contributed by atoms with Gasteiger partial charge < -0.3 is 20.4 Å². The first-order valence-electron chi connectivity index (χ1n) is 9.67. The number of carbonyl (C=O) groups excluding carboxylic acids is 1. The molecule has 1 heterocycles. The number of nitrogens with one attached hydrogen (secondary N) is 2. The summed E-state index contributed by atoms with van der Waals surface area (Å²) in [4.78, 5) is 17.0. The third kappa shape index (κ3) is 5.00. The molecule has 5 nitrogen and oxygen atoms in total. The molecule has 2 N–H and O–H groups in total. The Bertz CT molecular complexity index is 852. The van der Waals surface area contributed by atoms with Crippen LogP contribution in [0.2, 0.25) is 0 Å². The number of hydrogen-bond donors (Lipinski definition) is 2. The normalized spacial score (nSPS) is 15.8. The summed E-state index contributed by atoms with van der Waals surface area (Å²) in [6.07, 6.45) is 0. The Hall–Kier alpha value is -2.74. The summed E-state index contributed by atoms with van der Waals surface area (Å²) in [5, 5.41) is 5.30. The number of anilines is 3. The fourth-order valence-corrected chi connectivity index (χ4v) is 3.27. The fourth-order valence-electron chi connectivity index (χ4n) is 3.27. The maximum absolute atomic E-state index is 13.7. The van der Waals surface area contributed by atoms with Gasteiger partial charge in [-0.1, -0.05) is 6.92 Å². The van der Waals surface area contributed by atoms with Gasteiger partial charge in [0.1, 0.15) is 6.04 Å². The molecule has 0 spiro atoms. The summed E-state index contributed by atoms with van der Waals surface area (Å²) < 4.78 is 40.0. The lowest BCUT2D eigenvalue weighted by Crippen LogP contribution is -2.46. The molecule has 0 bridgehead atoms. The maximum Gasteiger partial charge on any atom is 0.246 e. The highest BCUT2D eigenvalue weighted by Gasteiger charge is 2.19. The zero-order valence-corrected chi connectivity index (χ0v) is 16.5. The number of nitrogens with zero attached hydrogens (tertiary/aromatic N) is 2. The van der Waals surface area contributed by atoms with Crippen molar-refractivity contribution >= 4 is 23.0 Å². The van der Waals surface area contributed by atoms with Crippen LogP contribution in [0.15, 0.2) is 36.4 Å². The summed E-state index contributed by atoms with van der Waals surface area (Å²) >= 11 is 0. The first kappa shape index (κ1) is 21.0. The molecule has 8 heteroatoms. The molecule has 0 saturated carbocycles. The van der Waals surface area contributed by atoms with Crippen molar-refractivity contribution in [2.75, 3.05) is 48.3 Å². The minimum absolute atomic E-state index is 0.399. The van der Waals surface area contributed by atoms with Crippen molar-refractivity contribution in [1.82, 2.24) is 4.90 Å². The monoisotopic (exact) mass is 406 g/mol. The fraction of sp³-hybridized carbons (Fsp3) is 0.381. The summed E-state index contributed by atoms with van der Waals surface area (Å²) in [5.74, 6) is -4.89. The molecular formula is C21H25F3N4O. The molecule has 0 radical (unpaired) electrons. The quantitative estimate of drug-likeness (QED) is 0.719. The smallest absolute Gasteiger partial charge is 0.246 e. The number of carbonyl (C=O) groups is 1. The second kappa shape index (κ2) is 9.17. The Morgan fingerprint density at radius 3 is 2.28 bits per heavy atom. The van der Waals surface area contributed by atoms with Gasteiger partial charge in [-0.15, -0.1) is 0 Å². The predicted octanol–water partition coefficient (Wildman–Crippen LogP) is 3.68. The number of rotatable bonds is 6. The van der Waals surface area contributed by atoms with Crippen molar-refractivity contribution in [3.8, 4) is 0 Å². The van der Waals surface area contributed by atoms with Crippen LogP contribution in [0.5, 0.6) is 0 Å². The van der Waals surface area contributed by atoms with E-state index in [4.69, 9.17) is 0 Å². The molecular weight excluding hydrogens is 381 g/mol. The highest BCUT2D eigenvalue weighted by Crippen LogP contribution is 2.22. The van der Waals surface area contributed by atoms with Gasteiger partial charge in [-0.2, -0.15) is 0 Å². The number of halogens is 3. The van der Waals surface area contributed by atoms with E-state index in [-0.39, 0.29) is 0 Å². The van der Waals surface area contributed by atoms with E-state index in [0.717, 1.165) is 56.2 Å². The van der Waals surface area contributed by atoms with Gasteiger partial charge in [0.15, 0.2) is 17.5 Å². The molecule has 156 valence electrons. The average Bonchev–Trinajstić information content (AvgIpc) is 2.74. The largest absolute Gasteiger partial charge is 0.374 e. The molecule has 0 aromatic heterocycles. The SMILES string of the molecule is CCN1CCN(c2ccc(N[C@H](C)C(=O)Nc3ccc(F)c(F)c3F)cc2)CC1. The minimum Gasteiger partial charge on any atom is -0.374 e. The van der Waals surface area contributed by atoms with Gasteiger partial charge in [0, 0.05) is 37.6 Å². The summed E-state index contributed by atoms with van der Waals surface area (Å²) in [7, 11) is 0. The molecule has 1 amide bonds. The van der Waals surface area contributed by atoms with E-state index in [1.54, 1.807) is 6.92 Å². The number of likely N-dealkylation sites (N-methyl/N-ethyl adjacent to an activating group) is 1. The molecule has 3 rings (SSSR count). The summed E-state index contributed by atoms with van der Waals surface area (Å²) in [6.45, 7) is 8.84. The second-order valence-electron chi connectivity index (χ2n) is 7.05. The molecule has 0 unspecified atom stereocenters. The molecule has 1 fully saturated rings. The zero-order chi connectivity index (χ0) is 21.0. The van der Waals surface area contributed by atoms with Crippen LogP contribution >= 0.6 is 0 Å². The molecule has 0 aliphatic carbocycles. The number of piperazine rings is 1. The van der Waals surface area contributed by atoms with Crippen LogP contribution in [0.25, 0.3) is 0 Å². The lowest BCUT2D eigenvalue weighted by Gasteiger charge is -2.35. The van der Waals surface area contributed by atoms with E-state index in [0.29, 0.717) is 0 Å². The van der Waals surface area contributed by atoms with E-state index in [2.05, 4.69) is 27.4 Å². The lowest BCUT2D eigenvalue weighted by atomic mass is 10.2. The maximum atomic E-state index is 13.7. The van der Waals surface area contributed by atoms with Gasteiger partial charge in [0.25, 0.3) is 0 Å². The lowest BCUT2D eigenvalue weighted by molar-refractivity contribution is -0.116. The first-order valence-corrected chi connectivity index (χ1v) is 9.67. The first-order chi connectivity index (χ1) is 13.9. The van der Waals surface area contributed by atoms with Gasteiger partial charge in [0.05, 0.1) is 5.69 Å². The summed E-state index contributed by atoms with van der Waals surface area (Å²) in [6, 6.07) is 8.79. The Kier molecular flexibility index (Phi) is 6.64. The third-order valence-electron chi connectivity index (χ3n) is 5.12. The van der Waals surface area contributed by atoms with Crippen LogP contribution in [0.4, 0.5) is 30.2 Å². The Morgan fingerprint density at radius 1 is 1.00 bits per heavy atom. The van der Waals surface area contributed by atoms with Crippen molar-refractivity contribution in [2.24, 2.45) is 0 Å². The second-order valence-corrected chi connectivity index (χ2v) is 7.05. The van der Waals surface area contributed by atoms with Crippen LogP contribution < -0.4 is 15.5 Å². The third-order valence-corrected chi connectivity index (χ3v) is 5.12.